The van der Waals surface area contributed by atoms with E-state index in [2.05, 4.69) is 29.4 Å². The molecule has 1 aliphatic rings. The molecule has 1 saturated heterocycles. The van der Waals surface area contributed by atoms with E-state index in [0.717, 1.165) is 36.9 Å². The number of unbranched alkanes of at least 4 members (excludes halogenated alkanes) is 1. The summed E-state index contributed by atoms with van der Waals surface area (Å²) in [6, 6.07) is 7.43. The molecule has 150 valence electrons. The van der Waals surface area contributed by atoms with Crippen LogP contribution >= 0.6 is 0 Å². The number of para-hydroxylation sites is 2. The summed E-state index contributed by atoms with van der Waals surface area (Å²) in [5, 5.41) is 5.42. The third-order valence-corrected chi connectivity index (χ3v) is 4.97. The Balaban J connectivity index is 1.68. The standard InChI is InChI=1S/C21H34N4O2/c1-16-13-17(2)15-25(14-16)12-8-7-11-22-20(26)21(27)23-18-9-5-6-10-19(18)24(3)4/h5-6,9-10,16-17H,7-8,11-15H2,1-4H3,(H,22,26)(H,23,27). The molecule has 6 nitrogen and oxygen atoms in total. The van der Waals surface area contributed by atoms with Gasteiger partial charge in [-0.1, -0.05) is 26.0 Å². The summed E-state index contributed by atoms with van der Waals surface area (Å²) in [6.45, 7) is 8.56. The van der Waals surface area contributed by atoms with Gasteiger partial charge in [0.1, 0.15) is 0 Å². The second-order valence-electron chi connectivity index (χ2n) is 8.03. The van der Waals surface area contributed by atoms with Crippen molar-refractivity contribution in [3.8, 4) is 0 Å². The largest absolute Gasteiger partial charge is 0.376 e. The topological polar surface area (TPSA) is 64.7 Å². The highest BCUT2D eigenvalue weighted by atomic mass is 16.2. The van der Waals surface area contributed by atoms with Gasteiger partial charge in [-0.05, 0) is 49.8 Å². The average Bonchev–Trinajstić information content (AvgIpc) is 2.60. The van der Waals surface area contributed by atoms with Crippen molar-refractivity contribution in [3.05, 3.63) is 24.3 Å². The van der Waals surface area contributed by atoms with E-state index in [9.17, 15) is 9.59 Å². The molecule has 2 rings (SSSR count). The Kier molecular flexibility index (Phi) is 8.10. The van der Waals surface area contributed by atoms with Crippen LogP contribution in [-0.4, -0.2) is 57.0 Å². The van der Waals surface area contributed by atoms with E-state index in [1.165, 1.54) is 19.5 Å². The molecule has 0 saturated carbocycles. The van der Waals surface area contributed by atoms with Gasteiger partial charge in [-0.15, -0.1) is 0 Å². The van der Waals surface area contributed by atoms with Gasteiger partial charge in [-0.25, -0.2) is 0 Å². The van der Waals surface area contributed by atoms with E-state index in [-0.39, 0.29) is 0 Å². The van der Waals surface area contributed by atoms with Crippen LogP contribution in [0.15, 0.2) is 24.3 Å². The Morgan fingerprint density at radius 3 is 2.41 bits per heavy atom. The molecule has 2 N–H and O–H groups in total. The summed E-state index contributed by atoms with van der Waals surface area (Å²) in [4.78, 5) is 28.6. The second-order valence-corrected chi connectivity index (χ2v) is 8.03. The van der Waals surface area contributed by atoms with Crippen LogP contribution in [0.2, 0.25) is 0 Å². The zero-order valence-electron chi connectivity index (χ0n) is 17.1. The lowest BCUT2D eigenvalue weighted by Gasteiger charge is -2.34. The maximum absolute atomic E-state index is 12.1. The van der Waals surface area contributed by atoms with E-state index >= 15 is 0 Å². The number of nitrogens with zero attached hydrogens (tertiary/aromatic N) is 2. The van der Waals surface area contributed by atoms with Crippen LogP contribution in [0.1, 0.15) is 33.1 Å². The van der Waals surface area contributed by atoms with E-state index in [0.29, 0.717) is 12.2 Å². The predicted octanol–water partition coefficient (Wildman–Crippen LogP) is 2.57. The minimum Gasteiger partial charge on any atom is -0.376 e. The van der Waals surface area contributed by atoms with Crippen molar-refractivity contribution in [1.29, 1.82) is 0 Å². The van der Waals surface area contributed by atoms with Crippen LogP contribution < -0.4 is 15.5 Å². The first-order chi connectivity index (χ1) is 12.9. The van der Waals surface area contributed by atoms with Crippen molar-refractivity contribution < 1.29 is 9.59 Å². The average molecular weight is 375 g/mol. The molecule has 1 aromatic rings. The second kappa shape index (κ2) is 10.3. The monoisotopic (exact) mass is 374 g/mol. The lowest BCUT2D eigenvalue weighted by atomic mass is 9.92. The van der Waals surface area contributed by atoms with Crippen molar-refractivity contribution in [3.63, 3.8) is 0 Å². The minimum absolute atomic E-state index is 0.528. The first kappa shape index (κ1) is 21.2. The van der Waals surface area contributed by atoms with Gasteiger partial charge in [-0.3, -0.25) is 9.59 Å². The van der Waals surface area contributed by atoms with Crippen LogP contribution in [0.3, 0.4) is 0 Å². The van der Waals surface area contributed by atoms with Gasteiger partial charge in [0.05, 0.1) is 11.4 Å². The van der Waals surface area contributed by atoms with Crippen molar-refractivity contribution >= 4 is 23.2 Å². The Morgan fingerprint density at radius 2 is 1.74 bits per heavy atom. The van der Waals surface area contributed by atoms with Gasteiger partial charge in [-0.2, -0.15) is 0 Å². The fourth-order valence-corrected chi connectivity index (χ4v) is 3.87. The van der Waals surface area contributed by atoms with Crippen LogP contribution in [-0.2, 0) is 9.59 Å². The number of rotatable bonds is 7. The molecular formula is C21H34N4O2. The molecule has 0 aromatic heterocycles. The molecule has 2 amide bonds. The lowest BCUT2D eigenvalue weighted by Crippen LogP contribution is -2.39. The highest BCUT2D eigenvalue weighted by Crippen LogP contribution is 2.23. The molecule has 0 bridgehead atoms. The molecule has 0 aliphatic carbocycles. The van der Waals surface area contributed by atoms with Crippen LogP contribution in [0.4, 0.5) is 11.4 Å². The summed E-state index contributed by atoms with van der Waals surface area (Å²) >= 11 is 0. The number of likely N-dealkylation sites (tertiary alicyclic amines) is 1. The highest BCUT2D eigenvalue weighted by molar-refractivity contribution is 6.39. The smallest absolute Gasteiger partial charge is 0.313 e. The van der Waals surface area contributed by atoms with Crippen LogP contribution in [0.5, 0.6) is 0 Å². The highest BCUT2D eigenvalue weighted by Gasteiger charge is 2.21. The summed E-state index contributed by atoms with van der Waals surface area (Å²) in [5.74, 6) is 0.330. The maximum Gasteiger partial charge on any atom is 0.313 e. The van der Waals surface area contributed by atoms with E-state index < -0.39 is 11.8 Å². The Bertz CT molecular complexity index is 622. The summed E-state index contributed by atoms with van der Waals surface area (Å²) in [7, 11) is 3.80. The van der Waals surface area contributed by atoms with Gasteiger partial charge in [0, 0.05) is 33.7 Å². The third-order valence-electron chi connectivity index (χ3n) is 4.97. The maximum atomic E-state index is 12.1. The van der Waals surface area contributed by atoms with E-state index in [4.69, 9.17) is 0 Å². The first-order valence-electron chi connectivity index (χ1n) is 9.94. The zero-order valence-corrected chi connectivity index (χ0v) is 17.1. The number of carbonyl (C=O) groups is 2. The van der Waals surface area contributed by atoms with Crippen molar-refractivity contribution in [2.24, 2.45) is 11.8 Å². The SMILES string of the molecule is CC1CC(C)CN(CCCCNC(=O)C(=O)Nc2ccccc2N(C)C)C1. The van der Waals surface area contributed by atoms with E-state index in [1.807, 2.05) is 37.2 Å². The fraction of sp³-hybridized carbons (Fsp3) is 0.619. The number of benzene rings is 1. The first-order valence-corrected chi connectivity index (χ1v) is 9.94. The number of nitrogens with one attached hydrogen (secondary N) is 2. The Morgan fingerprint density at radius 1 is 1.07 bits per heavy atom. The van der Waals surface area contributed by atoms with Crippen LogP contribution in [0, 0.1) is 11.8 Å². The van der Waals surface area contributed by atoms with Crippen LogP contribution in [0.25, 0.3) is 0 Å². The van der Waals surface area contributed by atoms with Gasteiger partial charge in [0.25, 0.3) is 0 Å². The molecule has 1 aromatic carbocycles. The quantitative estimate of drug-likeness (QED) is 0.569. The molecule has 1 aliphatic heterocycles. The fourth-order valence-electron chi connectivity index (χ4n) is 3.87. The van der Waals surface area contributed by atoms with E-state index in [1.54, 1.807) is 6.07 Å². The number of amides is 2. The summed E-state index contributed by atoms with van der Waals surface area (Å²) in [5.41, 5.74) is 1.50. The van der Waals surface area contributed by atoms with Gasteiger partial charge in [0.2, 0.25) is 0 Å². The molecule has 1 heterocycles. The molecule has 2 atom stereocenters. The summed E-state index contributed by atoms with van der Waals surface area (Å²) in [6.07, 6.45) is 3.23. The minimum atomic E-state index is -0.622. The normalized spacial score (nSPS) is 20.1. The number of carbonyl (C=O) groups excluding carboxylic acids is 2. The molecule has 2 unspecified atom stereocenters. The molecule has 6 heteroatoms. The Hall–Kier alpha value is -2.08. The third kappa shape index (κ3) is 6.86. The molecule has 1 fully saturated rings. The van der Waals surface area contributed by atoms with Gasteiger partial charge in [0.15, 0.2) is 0 Å². The predicted molar refractivity (Wildman–Crippen MR) is 111 cm³/mol. The molecule has 0 radical (unpaired) electrons. The van der Waals surface area contributed by atoms with Gasteiger partial charge < -0.3 is 20.4 Å². The Labute approximate surface area is 163 Å². The number of hydrogen-bond acceptors (Lipinski definition) is 4. The van der Waals surface area contributed by atoms with Gasteiger partial charge >= 0.3 is 11.8 Å². The van der Waals surface area contributed by atoms with Crippen molar-refractivity contribution in [2.45, 2.75) is 33.1 Å². The zero-order chi connectivity index (χ0) is 19.8. The number of piperidine rings is 1. The molecule has 0 spiro atoms. The number of hydrogen-bond donors (Lipinski definition) is 2. The molecular weight excluding hydrogens is 340 g/mol. The number of anilines is 2. The van der Waals surface area contributed by atoms with Crippen molar-refractivity contribution in [2.75, 3.05) is 50.5 Å². The van der Waals surface area contributed by atoms with Crippen molar-refractivity contribution in [1.82, 2.24) is 10.2 Å². The summed E-state index contributed by atoms with van der Waals surface area (Å²) < 4.78 is 0. The molecule has 27 heavy (non-hydrogen) atoms. The lowest BCUT2D eigenvalue weighted by molar-refractivity contribution is -0.136.